The van der Waals surface area contributed by atoms with Gasteiger partial charge in [-0.25, -0.2) is 0 Å². The largest absolute Gasteiger partial charge is 0.317 e. The minimum atomic E-state index is 0.135. The van der Waals surface area contributed by atoms with E-state index in [-0.39, 0.29) is 5.78 Å². The van der Waals surface area contributed by atoms with E-state index in [1.54, 1.807) is 6.08 Å². The van der Waals surface area contributed by atoms with Crippen molar-refractivity contribution in [3.63, 3.8) is 0 Å². The quantitative estimate of drug-likeness (QED) is 0.651. The minimum Gasteiger partial charge on any atom is -0.317 e. The van der Waals surface area contributed by atoms with Gasteiger partial charge in [0.2, 0.25) is 0 Å². The van der Waals surface area contributed by atoms with Crippen LogP contribution in [0.5, 0.6) is 0 Å². The minimum absolute atomic E-state index is 0.135. The number of carbonyl (C=O) groups excluding carboxylic acids is 1. The third-order valence-electron chi connectivity index (χ3n) is 2.77. The van der Waals surface area contributed by atoms with E-state index >= 15 is 0 Å². The van der Waals surface area contributed by atoms with Crippen LogP contribution in [-0.2, 0) is 4.79 Å². The molecular formula is C11H14NO. The molecule has 1 radical (unpaired) electrons. The third kappa shape index (κ3) is 2.07. The lowest BCUT2D eigenvalue weighted by Crippen LogP contribution is -2.29. The summed E-state index contributed by atoms with van der Waals surface area (Å²) in [4.78, 5) is 11.1. The van der Waals surface area contributed by atoms with Crippen LogP contribution >= 0.6 is 0 Å². The second-order valence-electron chi connectivity index (χ2n) is 3.68. The molecule has 0 aromatic heterocycles. The van der Waals surface area contributed by atoms with E-state index < -0.39 is 0 Å². The number of piperidine rings is 1. The van der Waals surface area contributed by atoms with Crippen molar-refractivity contribution in [1.82, 2.24) is 5.32 Å². The number of rotatable bonds is 1. The van der Waals surface area contributed by atoms with Crippen molar-refractivity contribution < 1.29 is 4.79 Å². The summed E-state index contributed by atoms with van der Waals surface area (Å²) < 4.78 is 0. The molecule has 0 spiro atoms. The molecule has 2 heteroatoms. The molecule has 0 saturated carbocycles. The summed E-state index contributed by atoms with van der Waals surface area (Å²) in [5.74, 6) is 0.764. The molecule has 2 rings (SSSR count). The summed E-state index contributed by atoms with van der Waals surface area (Å²) in [7, 11) is 0. The summed E-state index contributed by atoms with van der Waals surface area (Å²) >= 11 is 0. The fraction of sp³-hybridized carbons (Fsp3) is 0.545. The first-order valence-corrected chi connectivity index (χ1v) is 4.88. The van der Waals surface area contributed by atoms with Crippen molar-refractivity contribution in [2.24, 2.45) is 5.92 Å². The van der Waals surface area contributed by atoms with Crippen LogP contribution in [0.3, 0.4) is 0 Å². The van der Waals surface area contributed by atoms with Crippen molar-refractivity contribution in [3.05, 3.63) is 23.8 Å². The van der Waals surface area contributed by atoms with Gasteiger partial charge in [0.05, 0.1) is 0 Å². The number of hydrogen-bond donors (Lipinski definition) is 1. The van der Waals surface area contributed by atoms with Gasteiger partial charge in [-0.15, -0.1) is 0 Å². The topological polar surface area (TPSA) is 29.1 Å². The highest BCUT2D eigenvalue weighted by Crippen LogP contribution is 2.25. The molecule has 2 nitrogen and oxygen atoms in total. The third-order valence-corrected chi connectivity index (χ3v) is 2.77. The van der Waals surface area contributed by atoms with E-state index in [9.17, 15) is 4.79 Å². The number of nitrogens with one attached hydrogen (secondary N) is 1. The molecule has 0 aromatic rings. The van der Waals surface area contributed by atoms with Gasteiger partial charge < -0.3 is 5.32 Å². The van der Waals surface area contributed by atoms with Crippen LogP contribution in [0.1, 0.15) is 19.3 Å². The normalized spacial score (nSPS) is 24.6. The molecule has 0 bridgehead atoms. The van der Waals surface area contributed by atoms with E-state index in [1.165, 1.54) is 18.4 Å². The van der Waals surface area contributed by atoms with Crippen molar-refractivity contribution in [3.8, 4) is 0 Å². The van der Waals surface area contributed by atoms with Crippen LogP contribution in [0.15, 0.2) is 17.7 Å². The maximum atomic E-state index is 11.1. The standard InChI is InChI=1S/C11H14NO/c13-11-3-1-2-10(8-11)9-4-6-12-7-5-9/h1-2,9,12H,4-8H2. The molecule has 0 unspecified atom stereocenters. The fourth-order valence-electron chi connectivity index (χ4n) is 2.01. The van der Waals surface area contributed by atoms with E-state index in [2.05, 4.69) is 17.5 Å². The highest BCUT2D eigenvalue weighted by atomic mass is 16.1. The Morgan fingerprint density at radius 1 is 1.38 bits per heavy atom. The van der Waals surface area contributed by atoms with Crippen molar-refractivity contribution in [1.29, 1.82) is 0 Å². The zero-order valence-corrected chi connectivity index (χ0v) is 7.68. The van der Waals surface area contributed by atoms with E-state index in [4.69, 9.17) is 0 Å². The maximum Gasteiger partial charge on any atom is 0.167 e. The molecule has 0 atom stereocenters. The summed E-state index contributed by atoms with van der Waals surface area (Å²) in [5.41, 5.74) is 1.31. The van der Waals surface area contributed by atoms with E-state index in [0.29, 0.717) is 12.3 Å². The Hall–Kier alpha value is -0.890. The zero-order valence-electron chi connectivity index (χ0n) is 7.68. The Kier molecular flexibility index (Phi) is 2.60. The van der Waals surface area contributed by atoms with Gasteiger partial charge >= 0.3 is 0 Å². The van der Waals surface area contributed by atoms with Gasteiger partial charge in [0.1, 0.15) is 0 Å². The average Bonchev–Trinajstić information content (AvgIpc) is 2.19. The van der Waals surface area contributed by atoms with E-state index in [0.717, 1.165) is 13.1 Å². The first kappa shape index (κ1) is 8.70. The smallest absolute Gasteiger partial charge is 0.167 e. The molecular weight excluding hydrogens is 162 g/mol. The van der Waals surface area contributed by atoms with Crippen LogP contribution in [0.25, 0.3) is 0 Å². The van der Waals surface area contributed by atoms with Gasteiger partial charge in [0.25, 0.3) is 0 Å². The van der Waals surface area contributed by atoms with Crippen LogP contribution in [0.2, 0.25) is 0 Å². The number of hydrogen-bond acceptors (Lipinski definition) is 2. The highest BCUT2D eigenvalue weighted by molar-refractivity contribution is 5.89. The predicted molar refractivity (Wildman–Crippen MR) is 51.1 cm³/mol. The molecule has 1 aliphatic heterocycles. The SMILES string of the molecule is O=C1[C]=CC=C(C2CCNCC2)C1. The zero-order chi connectivity index (χ0) is 9.10. The number of allylic oxidation sites excluding steroid dienone is 4. The lowest BCUT2D eigenvalue weighted by molar-refractivity contribution is -0.114. The van der Waals surface area contributed by atoms with Gasteiger partial charge in [-0.05, 0) is 31.8 Å². The van der Waals surface area contributed by atoms with Gasteiger partial charge in [0.15, 0.2) is 5.78 Å². The summed E-state index contributed by atoms with van der Waals surface area (Å²) in [6.07, 6.45) is 9.47. The van der Waals surface area contributed by atoms with E-state index in [1.807, 2.05) is 0 Å². The van der Waals surface area contributed by atoms with Crippen LogP contribution in [-0.4, -0.2) is 18.9 Å². The predicted octanol–water partition coefficient (Wildman–Crippen LogP) is 1.24. The molecule has 0 amide bonds. The lowest BCUT2D eigenvalue weighted by Gasteiger charge is -2.25. The van der Waals surface area contributed by atoms with Crippen LogP contribution < -0.4 is 5.32 Å². The fourth-order valence-corrected chi connectivity index (χ4v) is 2.01. The Balaban J connectivity index is 2.02. The lowest BCUT2D eigenvalue weighted by atomic mass is 9.85. The molecule has 0 aromatic carbocycles. The van der Waals surface area contributed by atoms with Crippen molar-refractivity contribution in [2.45, 2.75) is 19.3 Å². The Morgan fingerprint density at radius 3 is 2.85 bits per heavy atom. The Bertz CT molecular complexity index is 259. The molecule has 1 aliphatic carbocycles. The molecule has 13 heavy (non-hydrogen) atoms. The number of Topliss-reactive ketones (excluding diaryl/α,β-unsaturated/α-hetero) is 1. The first-order valence-electron chi connectivity index (χ1n) is 4.88. The highest BCUT2D eigenvalue weighted by Gasteiger charge is 2.19. The first-order chi connectivity index (χ1) is 6.36. The molecule has 69 valence electrons. The summed E-state index contributed by atoms with van der Waals surface area (Å²) in [6.45, 7) is 2.17. The maximum absolute atomic E-state index is 11.1. The molecule has 1 heterocycles. The second kappa shape index (κ2) is 3.88. The average molecular weight is 176 g/mol. The van der Waals surface area contributed by atoms with Gasteiger partial charge in [-0.2, -0.15) is 0 Å². The number of carbonyl (C=O) groups is 1. The van der Waals surface area contributed by atoms with Crippen LogP contribution in [0.4, 0.5) is 0 Å². The number of ketones is 1. The van der Waals surface area contributed by atoms with Crippen molar-refractivity contribution in [2.75, 3.05) is 13.1 Å². The Labute approximate surface area is 78.7 Å². The van der Waals surface area contributed by atoms with Gasteiger partial charge in [-0.3, -0.25) is 4.79 Å². The molecule has 1 saturated heterocycles. The molecule has 1 fully saturated rings. The summed E-state index contributed by atoms with van der Waals surface area (Å²) in [5, 5.41) is 3.33. The van der Waals surface area contributed by atoms with Gasteiger partial charge in [-0.1, -0.05) is 17.7 Å². The van der Waals surface area contributed by atoms with Gasteiger partial charge in [0, 0.05) is 12.5 Å². The molecule has 1 N–H and O–H groups in total. The second-order valence-corrected chi connectivity index (χ2v) is 3.68. The molecule has 2 aliphatic rings. The van der Waals surface area contributed by atoms with Crippen LogP contribution in [0, 0.1) is 12.0 Å². The van der Waals surface area contributed by atoms with Crippen molar-refractivity contribution >= 4 is 5.78 Å². The summed E-state index contributed by atoms with van der Waals surface area (Å²) in [6, 6.07) is 0. The monoisotopic (exact) mass is 176 g/mol. The Morgan fingerprint density at radius 2 is 2.15 bits per heavy atom.